The first-order valence-electron chi connectivity index (χ1n) is 10.2. The van der Waals surface area contributed by atoms with E-state index in [-0.39, 0.29) is 5.91 Å². The molecule has 1 aliphatic rings. The summed E-state index contributed by atoms with van der Waals surface area (Å²) in [7, 11) is 0. The normalized spacial score (nSPS) is 20.5. The molecule has 1 heterocycles. The molecule has 2 N–H and O–H groups in total. The van der Waals surface area contributed by atoms with Crippen LogP contribution in [0.15, 0.2) is 24.3 Å². The molecular formula is C22H35N3O3. The highest BCUT2D eigenvalue weighted by Crippen LogP contribution is 2.20. The van der Waals surface area contributed by atoms with Crippen molar-refractivity contribution in [3.8, 4) is 0 Å². The maximum absolute atomic E-state index is 12.4. The van der Waals surface area contributed by atoms with Crippen molar-refractivity contribution in [1.82, 2.24) is 10.2 Å². The Morgan fingerprint density at radius 2 is 1.86 bits per heavy atom. The first-order chi connectivity index (χ1) is 13.1. The lowest BCUT2D eigenvalue weighted by molar-refractivity contribution is 0.0635. The fourth-order valence-corrected chi connectivity index (χ4v) is 3.74. The van der Waals surface area contributed by atoms with Crippen molar-refractivity contribution in [2.24, 2.45) is 11.8 Å². The fraction of sp³-hybridized carbons (Fsp3) is 0.636. The molecule has 0 bridgehead atoms. The fourth-order valence-electron chi connectivity index (χ4n) is 3.74. The molecule has 1 aromatic carbocycles. The summed E-state index contributed by atoms with van der Waals surface area (Å²) in [6, 6.07) is 6.88. The van der Waals surface area contributed by atoms with Gasteiger partial charge in [0.25, 0.3) is 5.91 Å². The molecule has 0 aliphatic carbocycles. The molecule has 2 unspecified atom stereocenters. The molecule has 28 heavy (non-hydrogen) atoms. The molecule has 0 saturated carbocycles. The van der Waals surface area contributed by atoms with Gasteiger partial charge in [0.15, 0.2) is 0 Å². The van der Waals surface area contributed by atoms with Crippen LogP contribution in [0.4, 0.5) is 10.5 Å². The highest BCUT2D eigenvalue weighted by Gasteiger charge is 2.21. The van der Waals surface area contributed by atoms with Crippen molar-refractivity contribution in [3.05, 3.63) is 29.8 Å². The number of likely N-dealkylation sites (tertiary alicyclic amines) is 1. The van der Waals surface area contributed by atoms with Crippen LogP contribution >= 0.6 is 0 Å². The van der Waals surface area contributed by atoms with E-state index in [0.717, 1.165) is 37.9 Å². The molecule has 0 spiro atoms. The lowest BCUT2D eigenvalue weighted by Crippen LogP contribution is -2.40. The van der Waals surface area contributed by atoms with Crippen molar-refractivity contribution in [2.45, 2.75) is 53.1 Å². The van der Waals surface area contributed by atoms with Crippen molar-refractivity contribution in [1.29, 1.82) is 0 Å². The van der Waals surface area contributed by atoms with Crippen LogP contribution in [0.1, 0.15) is 57.8 Å². The number of benzene rings is 1. The largest absolute Gasteiger partial charge is 0.444 e. The molecule has 1 aliphatic heterocycles. The average Bonchev–Trinajstić information content (AvgIpc) is 2.56. The van der Waals surface area contributed by atoms with E-state index in [9.17, 15) is 9.59 Å². The quantitative estimate of drug-likeness (QED) is 0.718. The number of rotatable bonds is 6. The third kappa shape index (κ3) is 7.89. The predicted molar refractivity (Wildman–Crippen MR) is 113 cm³/mol. The van der Waals surface area contributed by atoms with Crippen molar-refractivity contribution < 1.29 is 14.3 Å². The number of carbonyl (C=O) groups excluding carboxylic acids is 2. The number of anilines is 1. The van der Waals surface area contributed by atoms with Gasteiger partial charge in [0.1, 0.15) is 5.60 Å². The summed E-state index contributed by atoms with van der Waals surface area (Å²) in [5.41, 5.74) is 0.496. The Morgan fingerprint density at radius 3 is 2.50 bits per heavy atom. The van der Waals surface area contributed by atoms with Gasteiger partial charge in [-0.25, -0.2) is 4.79 Å². The van der Waals surface area contributed by atoms with E-state index in [1.54, 1.807) is 24.3 Å². The average molecular weight is 390 g/mol. The number of hydrogen-bond acceptors (Lipinski definition) is 4. The summed E-state index contributed by atoms with van der Waals surface area (Å²) in [5.74, 6) is 1.37. The van der Waals surface area contributed by atoms with Gasteiger partial charge in [-0.15, -0.1) is 0 Å². The highest BCUT2D eigenvalue weighted by atomic mass is 16.6. The van der Waals surface area contributed by atoms with Gasteiger partial charge in [0.2, 0.25) is 0 Å². The van der Waals surface area contributed by atoms with Crippen LogP contribution in [-0.2, 0) is 4.74 Å². The van der Waals surface area contributed by atoms with Gasteiger partial charge < -0.3 is 15.0 Å². The van der Waals surface area contributed by atoms with Crippen LogP contribution in [0.25, 0.3) is 0 Å². The molecule has 1 fully saturated rings. The van der Waals surface area contributed by atoms with E-state index in [1.807, 2.05) is 20.8 Å². The van der Waals surface area contributed by atoms with E-state index in [0.29, 0.717) is 17.8 Å². The second-order valence-corrected chi connectivity index (χ2v) is 9.02. The zero-order valence-corrected chi connectivity index (χ0v) is 17.9. The van der Waals surface area contributed by atoms with Crippen LogP contribution in [-0.4, -0.2) is 48.7 Å². The number of hydrogen-bond donors (Lipinski definition) is 2. The molecule has 156 valence electrons. The Morgan fingerprint density at radius 1 is 1.18 bits per heavy atom. The molecule has 2 rings (SSSR count). The smallest absolute Gasteiger partial charge is 0.412 e. The van der Waals surface area contributed by atoms with E-state index in [2.05, 4.69) is 29.4 Å². The van der Waals surface area contributed by atoms with E-state index >= 15 is 0 Å². The minimum atomic E-state index is -0.566. The molecule has 1 saturated heterocycles. The Kier molecular flexibility index (Phi) is 7.87. The summed E-state index contributed by atoms with van der Waals surface area (Å²) >= 11 is 0. The molecular weight excluding hydrogens is 354 g/mol. The lowest BCUT2D eigenvalue weighted by Gasteiger charge is -2.34. The summed E-state index contributed by atoms with van der Waals surface area (Å²) in [6.07, 6.45) is 1.71. The van der Waals surface area contributed by atoms with Gasteiger partial charge in [-0.2, -0.15) is 0 Å². The van der Waals surface area contributed by atoms with Crippen molar-refractivity contribution >= 4 is 17.7 Å². The van der Waals surface area contributed by atoms with Crippen molar-refractivity contribution in [3.63, 3.8) is 0 Å². The number of nitrogens with zero attached hydrogens (tertiary/aromatic N) is 1. The summed E-state index contributed by atoms with van der Waals surface area (Å²) in [4.78, 5) is 26.8. The SMILES string of the molecule is CC1CC(C)CN(CCCNC(=O)c2cccc(NC(=O)OC(C)(C)C)c2)C1. The molecule has 2 amide bonds. The molecule has 0 aromatic heterocycles. The first kappa shape index (κ1) is 22.2. The highest BCUT2D eigenvalue weighted by molar-refractivity contribution is 5.96. The number of piperidine rings is 1. The predicted octanol–water partition coefficient (Wildman–Crippen LogP) is 4.13. The maximum Gasteiger partial charge on any atom is 0.412 e. The van der Waals surface area contributed by atoms with E-state index in [4.69, 9.17) is 4.74 Å². The molecule has 6 nitrogen and oxygen atoms in total. The van der Waals surface area contributed by atoms with Gasteiger partial charge in [-0.1, -0.05) is 19.9 Å². The first-order valence-corrected chi connectivity index (χ1v) is 10.2. The Hall–Kier alpha value is -2.08. The Balaban J connectivity index is 1.77. The number of ether oxygens (including phenoxy) is 1. The molecule has 0 radical (unpaired) electrons. The summed E-state index contributed by atoms with van der Waals surface area (Å²) in [6.45, 7) is 14.0. The van der Waals surface area contributed by atoms with Crippen molar-refractivity contribution in [2.75, 3.05) is 31.5 Å². The number of carbonyl (C=O) groups is 2. The second kappa shape index (κ2) is 9.92. The van der Waals surface area contributed by atoms with Crippen LogP contribution in [0.5, 0.6) is 0 Å². The molecule has 1 aromatic rings. The third-order valence-electron chi connectivity index (χ3n) is 4.65. The Bertz CT molecular complexity index is 659. The molecule has 6 heteroatoms. The summed E-state index contributed by atoms with van der Waals surface area (Å²) < 4.78 is 5.24. The number of nitrogens with one attached hydrogen (secondary N) is 2. The minimum Gasteiger partial charge on any atom is -0.444 e. The Labute approximate surface area is 169 Å². The van der Waals surface area contributed by atoms with Crippen LogP contribution in [0, 0.1) is 11.8 Å². The molecule has 2 atom stereocenters. The van der Waals surface area contributed by atoms with Crippen LogP contribution in [0.3, 0.4) is 0 Å². The standard InChI is InChI=1S/C22H35N3O3/c1-16-12-17(2)15-25(14-16)11-7-10-23-20(26)18-8-6-9-19(13-18)24-21(27)28-22(3,4)5/h6,8-9,13,16-17H,7,10-12,14-15H2,1-5H3,(H,23,26)(H,24,27). The van der Waals surface area contributed by atoms with E-state index < -0.39 is 11.7 Å². The zero-order valence-electron chi connectivity index (χ0n) is 17.9. The minimum absolute atomic E-state index is 0.131. The summed E-state index contributed by atoms with van der Waals surface area (Å²) in [5, 5.41) is 5.63. The van der Waals surface area contributed by atoms with Crippen LogP contribution < -0.4 is 10.6 Å². The topological polar surface area (TPSA) is 70.7 Å². The van der Waals surface area contributed by atoms with Gasteiger partial charge in [-0.3, -0.25) is 10.1 Å². The lowest BCUT2D eigenvalue weighted by atomic mass is 9.92. The monoisotopic (exact) mass is 389 g/mol. The zero-order chi connectivity index (χ0) is 20.7. The maximum atomic E-state index is 12.4. The number of amides is 2. The van der Waals surface area contributed by atoms with Gasteiger partial charge >= 0.3 is 6.09 Å². The second-order valence-electron chi connectivity index (χ2n) is 9.02. The van der Waals surface area contributed by atoms with E-state index in [1.165, 1.54) is 6.42 Å². The van der Waals surface area contributed by atoms with Gasteiger partial charge in [-0.05, 0) is 70.2 Å². The van der Waals surface area contributed by atoms with Gasteiger partial charge in [0, 0.05) is 30.9 Å². The van der Waals surface area contributed by atoms with Crippen LogP contribution in [0.2, 0.25) is 0 Å². The third-order valence-corrected chi connectivity index (χ3v) is 4.65. The van der Waals surface area contributed by atoms with Gasteiger partial charge in [0.05, 0.1) is 0 Å².